The molecule has 0 aliphatic carbocycles. The first-order valence-corrected chi connectivity index (χ1v) is 7.21. The number of rotatable bonds is 4. The second-order valence-corrected chi connectivity index (χ2v) is 7.29. The number of piperazine rings is 1. The predicted molar refractivity (Wildman–Crippen MR) is 78.0 cm³/mol. The lowest BCUT2D eigenvalue weighted by molar-refractivity contribution is -0.0307. The monoisotopic (exact) mass is 256 g/mol. The van der Waals surface area contributed by atoms with Crippen molar-refractivity contribution in [3.05, 3.63) is 0 Å². The van der Waals surface area contributed by atoms with E-state index >= 15 is 0 Å². The molecule has 0 saturated carbocycles. The first-order chi connectivity index (χ1) is 8.22. The van der Waals surface area contributed by atoms with Crippen LogP contribution in [0.2, 0.25) is 0 Å². The Balaban J connectivity index is 2.83. The average Bonchev–Trinajstić information content (AvgIpc) is 2.27. The van der Waals surface area contributed by atoms with Crippen molar-refractivity contribution in [1.82, 2.24) is 10.2 Å². The summed E-state index contributed by atoms with van der Waals surface area (Å²) in [7, 11) is 1.80. The Morgan fingerprint density at radius 1 is 1.22 bits per heavy atom. The lowest BCUT2D eigenvalue weighted by atomic mass is 9.83. The van der Waals surface area contributed by atoms with Gasteiger partial charge in [-0.1, -0.05) is 27.7 Å². The zero-order chi connectivity index (χ0) is 14.0. The van der Waals surface area contributed by atoms with Gasteiger partial charge < -0.3 is 10.1 Å². The van der Waals surface area contributed by atoms with Crippen LogP contribution in [0.15, 0.2) is 0 Å². The number of ether oxygens (including phenoxy) is 1. The first-order valence-electron chi connectivity index (χ1n) is 7.21. The van der Waals surface area contributed by atoms with Crippen molar-refractivity contribution in [1.29, 1.82) is 0 Å². The SMILES string of the molecule is CCC1CNC(C(C)(C)C)CN1C(C)(C)COC. The normalized spacial score (nSPS) is 27.5. The molecule has 0 amide bonds. The molecule has 0 aromatic rings. The van der Waals surface area contributed by atoms with Crippen molar-refractivity contribution in [2.45, 2.75) is 65.6 Å². The van der Waals surface area contributed by atoms with E-state index < -0.39 is 0 Å². The molecule has 1 heterocycles. The second kappa shape index (κ2) is 5.89. The molecule has 1 rings (SSSR count). The van der Waals surface area contributed by atoms with Crippen molar-refractivity contribution >= 4 is 0 Å². The topological polar surface area (TPSA) is 24.5 Å². The molecule has 0 aromatic carbocycles. The number of hydrogen-bond acceptors (Lipinski definition) is 3. The Labute approximate surface area is 113 Å². The van der Waals surface area contributed by atoms with Gasteiger partial charge in [0.1, 0.15) is 0 Å². The number of methoxy groups -OCH3 is 1. The van der Waals surface area contributed by atoms with E-state index in [4.69, 9.17) is 4.74 Å². The highest BCUT2D eigenvalue weighted by atomic mass is 16.5. The Kier molecular flexibility index (Phi) is 5.22. The fourth-order valence-corrected chi connectivity index (χ4v) is 2.92. The van der Waals surface area contributed by atoms with E-state index in [0.717, 1.165) is 19.7 Å². The zero-order valence-corrected chi connectivity index (χ0v) is 13.3. The number of hydrogen-bond donors (Lipinski definition) is 1. The zero-order valence-electron chi connectivity index (χ0n) is 13.3. The predicted octanol–water partition coefficient (Wildman–Crippen LogP) is 2.51. The first kappa shape index (κ1) is 15.9. The summed E-state index contributed by atoms with van der Waals surface area (Å²) < 4.78 is 5.41. The van der Waals surface area contributed by atoms with Crippen molar-refractivity contribution in [2.75, 3.05) is 26.8 Å². The standard InChI is InChI=1S/C15H32N2O/c1-8-12-9-16-13(14(2,3)4)10-17(12)15(5,6)11-18-7/h12-13,16H,8-11H2,1-7H3. The Morgan fingerprint density at radius 2 is 1.83 bits per heavy atom. The van der Waals surface area contributed by atoms with Gasteiger partial charge >= 0.3 is 0 Å². The molecule has 1 N–H and O–H groups in total. The quantitative estimate of drug-likeness (QED) is 0.836. The van der Waals surface area contributed by atoms with Gasteiger partial charge in [0.2, 0.25) is 0 Å². The molecular formula is C15H32N2O. The maximum absolute atomic E-state index is 5.41. The largest absolute Gasteiger partial charge is 0.383 e. The van der Waals surface area contributed by atoms with Crippen LogP contribution in [0.4, 0.5) is 0 Å². The van der Waals surface area contributed by atoms with Crippen LogP contribution in [0, 0.1) is 5.41 Å². The summed E-state index contributed by atoms with van der Waals surface area (Å²) in [5, 5.41) is 3.72. The van der Waals surface area contributed by atoms with Crippen molar-refractivity contribution in [3.8, 4) is 0 Å². The van der Waals surface area contributed by atoms with E-state index in [2.05, 4.69) is 51.8 Å². The molecule has 3 nitrogen and oxygen atoms in total. The van der Waals surface area contributed by atoms with Gasteiger partial charge in [0.05, 0.1) is 6.61 Å². The van der Waals surface area contributed by atoms with Crippen LogP contribution in [-0.2, 0) is 4.74 Å². The van der Waals surface area contributed by atoms with Crippen LogP contribution in [0.5, 0.6) is 0 Å². The minimum absolute atomic E-state index is 0.112. The molecule has 0 radical (unpaired) electrons. The highest BCUT2D eigenvalue weighted by Crippen LogP contribution is 2.29. The van der Waals surface area contributed by atoms with Crippen LogP contribution in [0.3, 0.4) is 0 Å². The molecular weight excluding hydrogens is 224 g/mol. The second-order valence-electron chi connectivity index (χ2n) is 7.29. The van der Waals surface area contributed by atoms with Crippen LogP contribution >= 0.6 is 0 Å². The van der Waals surface area contributed by atoms with Crippen LogP contribution < -0.4 is 5.32 Å². The van der Waals surface area contributed by atoms with Gasteiger partial charge in [-0.25, -0.2) is 0 Å². The summed E-state index contributed by atoms with van der Waals surface area (Å²) in [5.74, 6) is 0. The third kappa shape index (κ3) is 3.69. The fraction of sp³-hybridized carbons (Fsp3) is 1.00. The summed E-state index contributed by atoms with van der Waals surface area (Å²) >= 11 is 0. The minimum Gasteiger partial charge on any atom is -0.383 e. The van der Waals surface area contributed by atoms with Gasteiger partial charge in [-0.2, -0.15) is 0 Å². The summed E-state index contributed by atoms with van der Waals surface area (Å²) in [5.41, 5.74) is 0.418. The fourth-order valence-electron chi connectivity index (χ4n) is 2.92. The lowest BCUT2D eigenvalue weighted by Crippen LogP contribution is -2.66. The van der Waals surface area contributed by atoms with E-state index in [0.29, 0.717) is 17.5 Å². The van der Waals surface area contributed by atoms with Gasteiger partial charge in [-0.3, -0.25) is 4.90 Å². The van der Waals surface area contributed by atoms with E-state index in [-0.39, 0.29) is 5.54 Å². The van der Waals surface area contributed by atoms with Gasteiger partial charge in [0.25, 0.3) is 0 Å². The molecule has 0 bridgehead atoms. The molecule has 18 heavy (non-hydrogen) atoms. The summed E-state index contributed by atoms with van der Waals surface area (Å²) in [6.45, 7) is 16.8. The summed E-state index contributed by atoms with van der Waals surface area (Å²) in [6.07, 6.45) is 1.19. The third-order valence-electron chi connectivity index (χ3n) is 4.21. The van der Waals surface area contributed by atoms with Crippen LogP contribution in [-0.4, -0.2) is 49.3 Å². The molecule has 3 heteroatoms. The van der Waals surface area contributed by atoms with Gasteiger partial charge in [0.15, 0.2) is 0 Å². The highest BCUT2D eigenvalue weighted by molar-refractivity contribution is 4.97. The minimum atomic E-state index is 0.112. The van der Waals surface area contributed by atoms with E-state index in [1.54, 1.807) is 7.11 Å². The maximum Gasteiger partial charge on any atom is 0.0641 e. The molecule has 1 aliphatic heterocycles. The number of nitrogens with one attached hydrogen (secondary N) is 1. The van der Waals surface area contributed by atoms with E-state index in [1.807, 2.05) is 0 Å². The lowest BCUT2D eigenvalue weighted by Gasteiger charge is -2.51. The van der Waals surface area contributed by atoms with Gasteiger partial charge in [0, 0.05) is 37.8 Å². The van der Waals surface area contributed by atoms with Crippen LogP contribution in [0.1, 0.15) is 48.0 Å². The third-order valence-corrected chi connectivity index (χ3v) is 4.21. The van der Waals surface area contributed by atoms with Gasteiger partial charge in [-0.15, -0.1) is 0 Å². The molecule has 2 unspecified atom stereocenters. The molecule has 1 aliphatic rings. The highest BCUT2D eigenvalue weighted by Gasteiger charge is 2.39. The average molecular weight is 256 g/mol. The maximum atomic E-state index is 5.41. The van der Waals surface area contributed by atoms with E-state index in [9.17, 15) is 0 Å². The summed E-state index contributed by atoms with van der Waals surface area (Å²) in [6, 6.07) is 1.17. The molecule has 0 spiro atoms. The Morgan fingerprint density at radius 3 is 2.28 bits per heavy atom. The Hall–Kier alpha value is -0.120. The van der Waals surface area contributed by atoms with Crippen molar-refractivity contribution < 1.29 is 4.74 Å². The van der Waals surface area contributed by atoms with Crippen molar-refractivity contribution in [2.24, 2.45) is 5.41 Å². The summed E-state index contributed by atoms with van der Waals surface area (Å²) in [4.78, 5) is 2.64. The molecule has 108 valence electrons. The molecule has 2 atom stereocenters. The van der Waals surface area contributed by atoms with Crippen LogP contribution in [0.25, 0.3) is 0 Å². The Bertz CT molecular complexity index is 258. The number of nitrogens with zero attached hydrogens (tertiary/aromatic N) is 1. The van der Waals surface area contributed by atoms with Gasteiger partial charge in [-0.05, 0) is 25.7 Å². The van der Waals surface area contributed by atoms with Crippen molar-refractivity contribution in [3.63, 3.8) is 0 Å². The molecule has 1 saturated heterocycles. The smallest absolute Gasteiger partial charge is 0.0641 e. The van der Waals surface area contributed by atoms with E-state index in [1.165, 1.54) is 6.42 Å². The molecule has 1 fully saturated rings. The molecule has 0 aromatic heterocycles.